The Morgan fingerprint density at radius 1 is 1.64 bits per heavy atom. The highest BCUT2D eigenvalue weighted by Gasteiger charge is 2.35. The second-order valence-corrected chi connectivity index (χ2v) is 3.07. The molecule has 1 aliphatic heterocycles. The first-order valence-electron chi connectivity index (χ1n) is 4.18. The molecule has 0 bridgehead atoms. The van der Waals surface area contributed by atoms with Crippen LogP contribution in [-0.4, -0.2) is 23.4 Å². The van der Waals surface area contributed by atoms with Crippen molar-refractivity contribution in [3.63, 3.8) is 0 Å². The number of aliphatic hydroxyl groups is 1. The van der Waals surface area contributed by atoms with E-state index in [1.54, 1.807) is 0 Å². The molecule has 1 rings (SSSR count). The predicted molar refractivity (Wildman–Crippen MR) is 44.4 cm³/mol. The highest BCUT2D eigenvalue weighted by molar-refractivity contribution is 4.86. The molecule has 0 aromatic heterocycles. The first-order chi connectivity index (χ1) is 5.24. The molecule has 1 heterocycles. The van der Waals surface area contributed by atoms with E-state index in [0.717, 1.165) is 12.8 Å². The molecule has 3 atom stereocenters. The summed E-state index contributed by atoms with van der Waals surface area (Å²) in [6.45, 7) is 4.00. The Hall–Kier alpha value is -0.340. The largest absolute Gasteiger partial charge is 0.393 e. The molecule has 1 fully saturated rings. The number of hydrogen-bond acceptors (Lipinski definition) is 2. The smallest absolute Gasteiger partial charge is 0.0863 e. The first-order valence-corrected chi connectivity index (χ1v) is 4.18. The average molecular weight is 156 g/mol. The third-order valence-electron chi connectivity index (χ3n) is 1.98. The normalized spacial score (nSPS) is 32.6. The Labute approximate surface area is 67.9 Å². The van der Waals surface area contributed by atoms with Gasteiger partial charge in [-0.3, -0.25) is 0 Å². The number of rotatable bonds is 4. The van der Waals surface area contributed by atoms with E-state index in [-0.39, 0.29) is 6.10 Å². The van der Waals surface area contributed by atoms with Crippen molar-refractivity contribution in [2.75, 3.05) is 0 Å². The third kappa shape index (κ3) is 3.04. The van der Waals surface area contributed by atoms with Crippen LogP contribution in [0.1, 0.15) is 26.7 Å². The lowest BCUT2D eigenvalue weighted by Crippen LogP contribution is -2.09. The fraction of sp³-hybridized carbons (Fsp3) is 0.778. The van der Waals surface area contributed by atoms with Gasteiger partial charge in [0.1, 0.15) is 0 Å². The number of hydrogen-bond donors (Lipinski definition) is 1. The maximum absolute atomic E-state index is 9.38. The molecular formula is C9H16O2. The minimum absolute atomic E-state index is 0.221. The SMILES string of the molecule is C/C=C/CC(O)C[C@H]1OC1C. The molecule has 2 nitrogen and oxygen atoms in total. The quantitative estimate of drug-likeness (QED) is 0.494. The van der Waals surface area contributed by atoms with Crippen LogP contribution in [0.2, 0.25) is 0 Å². The molecule has 0 radical (unpaired) electrons. The summed E-state index contributed by atoms with van der Waals surface area (Å²) in [5, 5.41) is 9.38. The summed E-state index contributed by atoms with van der Waals surface area (Å²) in [6, 6.07) is 0. The molecule has 2 heteroatoms. The van der Waals surface area contributed by atoms with E-state index >= 15 is 0 Å². The lowest BCUT2D eigenvalue weighted by atomic mass is 10.1. The Kier molecular flexibility index (Phi) is 3.09. The number of epoxide rings is 1. The second-order valence-electron chi connectivity index (χ2n) is 3.07. The lowest BCUT2D eigenvalue weighted by molar-refractivity contribution is 0.154. The number of ether oxygens (including phenoxy) is 1. The third-order valence-corrected chi connectivity index (χ3v) is 1.98. The van der Waals surface area contributed by atoms with Gasteiger partial charge in [-0.25, -0.2) is 0 Å². The van der Waals surface area contributed by atoms with Gasteiger partial charge in [-0.05, 0) is 20.3 Å². The summed E-state index contributed by atoms with van der Waals surface area (Å²) in [6.07, 6.45) is 5.94. The molecule has 0 aliphatic carbocycles. The van der Waals surface area contributed by atoms with Crippen LogP contribution in [0, 0.1) is 0 Å². The predicted octanol–water partition coefficient (Wildman–Crippen LogP) is 1.49. The van der Waals surface area contributed by atoms with Crippen molar-refractivity contribution in [2.24, 2.45) is 0 Å². The highest BCUT2D eigenvalue weighted by atomic mass is 16.6. The van der Waals surface area contributed by atoms with Crippen LogP contribution in [0.15, 0.2) is 12.2 Å². The fourth-order valence-electron chi connectivity index (χ4n) is 1.14. The van der Waals surface area contributed by atoms with E-state index in [1.165, 1.54) is 0 Å². The molecule has 0 amide bonds. The molecule has 0 saturated carbocycles. The van der Waals surface area contributed by atoms with Crippen molar-refractivity contribution in [2.45, 2.75) is 45.0 Å². The molecule has 0 spiro atoms. The van der Waals surface area contributed by atoms with E-state index < -0.39 is 0 Å². The fourth-order valence-corrected chi connectivity index (χ4v) is 1.14. The van der Waals surface area contributed by atoms with E-state index in [0.29, 0.717) is 12.2 Å². The van der Waals surface area contributed by atoms with Crippen molar-refractivity contribution in [3.8, 4) is 0 Å². The Morgan fingerprint density at radius 3 is 2.73 bits per heavy atom. The molecule has 1 N–H and O–H groups in total. The Morgan fingerprint density at radius 2 is 2.27 bits per heavy atom. The Bertz CT molecular complexity index is 142. The van der Waals surface area contributed by atoms with Gasteiger partial charge in [0.2, 0.25) is 0 Å². The van der Waals surface area contributed by atoms with Crippen LogP contribution in [0.3, 0.4) is 0 Å². The zero-order valence-electron chi connectivity index (χ0n) is 7.16. The molecule has 11 heavy (non-hydrogen) atoms. The lowest BCUT2D eigenvalue weighted by Gasteiger charge is -2.03. The zero-order chi connectivity index (χ0) is 8.27. The average Bonchev–Trinajstić information content (AvgIpc) is 2.62. The second kappa shape index (κ2) is 3.88. The molecule has 2 unspecified atom stereocenters. The van der Waals surface area contributed by atoms with Crippen LogP contribution < -0.4 is 0 Å². The van der Waals surface area contributed by atoms with Gasteiger partial charge in [0, 0.05) is 6.42 Å². The van der Waals surface area contributed by atoms with Crippen LogP contribution >= 0.6 is 0 Å². The molecule has 1 saturated heterocycles. The maximum atomic E-state index is 9.38. The van der Waals surface area contributed by atoms with E-state index in [2.05, 4.69) is 0 Å². The summed E-state index contributed by atoms with van der Waals surface area (Å²) in [5.74, 6) is 0. The minimum Gasteiger partial charge on any atom is -0.393 e. The summed E-state index contributed by atoms with van der Waals surface area (Å²) in [5.41, 5.74) is 0. The first kappa shape index (κ1) is 8.75. The van der Waals surface area contributed by atoms with Gasteiger partial charge in [0.15, 0.2) is 0 Å². The summed E-state index contributed by atoms with van der Waals surface area (Å²) in [7, 11) is 0. The van der Waals surface area contributed by atoms with Gasteiger partial charge >= 0.3 is 0 Å². The van der Waals surface area contributed by atoms with Crippen molar-refractivity contribution in [3.05, 3.63) is 12.2 Å². The maximum Gasteiger partial charge on any atom is 0.0863 e. The standard InChI is InChI=1S/C9H16O2/c1-3-4-5-8(10)6-9-7(2)11-9/h3-4,7-10H,5-6H2,1-2H3/b4-3+/t7?,8?,9-/m1/s1. The van der Waals surface area contributed by atoms with Gasteiger partial charge in [-0.1, -0.05) is 12.2 Å². The minimum atomic E-state index is -0.221. The van der Waals surface area contributed by atoms with Gasteiger partial charge in [0.05, 0.1) is 18.3 Å². The van der Waals surface area contributed by atoms with E-state index in [4.69, 9.17) is 4.74 Å². The van der Waals surface area contributed by atoms with E-state index in [1.807, 2.05) is 26.0 Å². The number of aliphatic hydroxyl groups excluding tert-OH is 1. The van der Waals surface area contributed by atoms with Crippen LogP contribution in [0.25, 0.3) is 0 Å². The van der Waals surface area contributed by atoms with Gasteiger partial charge < -0.3 is 9.84 Å². The van der Waals surface area contributed by atoms with Gasteiger partial charge in [-0.2, -0.15) is 0 Å². The summed E-state index contributed by atoms with van der Waals surface area (Å²) >= 11 is 0. The van der Waals surface area contributed by atoms with Gasteiger partial charge in [-0.15, -0.1) is 0 Å². The van der Waals surface area contributed by atoms with Crippen LogP contribution in [-0.2, 0) is 4.74 Å². The monoisotopic (exact) mass is 156 g/mol. The molecule has 0 aromatic rings. The molecule has 64 valence electrons. The van der Waals surface area contributed by atoms with Crippen LogP contribution in [0.4, 0.5) is 0 Å². The summed E-state index contributed by atoms with van der Waals surface area (Å²) < 4.78 is 5.18. The topological polar surface area (TPSA) is 32.8 Å². The van der Waals surface area contributed by atoms with E-state index in [9.17, 15) is 5.11 Å². The zero-order valence-corrected chi connectivity index (χ0v) is 7.16. The van der Waals surface area contributed by atoms with Crippen LogP contribution in [0.5, 0.6) is 0 Å². The molecule has 0 aromatic carbocycles. The van der Waals surface area contributed by atoms with Crippen molar-refractivity contribution in [1.82, 2.24) is 0 Å². The molecule has 1 aliphatic rings. The van der Waals surface area contributed by atoms with Gasteiger partial charge in [0.25, 0.3) is 0 Å². The van der Waals surface area contributed by atoms with Crippen molar-refractivity contribution < 1.29 is 9.84 Å². The summed E-state index contributed by atoms with van der Waals surface area (Å²) in [4.78, 5) is 0. The number of allylic oxidation sites excluding steroid dienone is 1. The Balaban J connectivity index is 2.06. The van der Waals surface area contributed by atoms with Crippen molar-refractivity contribution in [1.29, 1.82) is 0 Å². The van der Waals surface area contributed by atoms with Crippen molar-refractivity contribution >= 4 is 0 Å². The molecular weight excluding hydrogens is 140 g/mol. The highest BCUT2D eigenvalue weighted by Crippen LogP contribution is 2.26.